The van der Waals surface area contributed by atoms with Crippen molar-refractivity contribution in [1.29, 1.82) is 0 Å². The molecule has 0 spiro atoms. The first-order chi connectivity index (χ1) is 10.2. The molecule has 0 fully saturated rings. The first kappa shape index (κ1) is 16.0. The Labute approximate surface area is 125 Å². The molecule has 9 heteroatoms. The van der Waals surface area contributed by atoms with Gasteiger partial charge >= 0.3 is 5.82 Å². The molecule has 7 nitrogen and oxygen atoms in total. The van der Waals surface area contributed by atoms with E-state index in [1.54, 1.807) is 0 Å². The molecule has 0 aromatic heterocycles. The van der Waals surface area contributed by atoms with Crippen LogP contribution < -0.4 is 5.43 Å². The minimum absolute atomic E-state index is 0.100. The van der Waals surface area contributed by atoms with E-state index in [1.165, 1.54) is 38.9 Å². The lowest BCUT2D eigenvalue weighted by Gasteiger charge is -2.39. The maximum Gasteiger partial charge on any atom is 0.346 e. The van der Waals surface area contributed by atoms with Gasteiger partial charge in [-0.05, 0) is 37.3 Å². The molecule has 0 saturated heterocycles. The number of alkyl halides is 2. The molecule has 0 unspecified atom stereocenters. The summed E-state index contributed by atoms with van der Waals surface area (Å²) >= 11 is 0. The van der Waals surface area contributed by atoms with Gasteiger partial charge in [0.1, 0.15) is 12.7 Å². The average Bonchev–Trinajstić information content (AvgIpc) is 2.69. The summed E-state index contributed by atoms with van der Waals surface area (Å²) in [5.74, 6) is -0.190. The van der Waals surface area contributed by atoms with Gasteiger partial charge in [0, 0.05) is 11.3 Å². The Bertz CT molecular complexity index is 664. The maximum absolute atomic E-state index is 12.9. The minimum atomic E-state index is -2.76. The second-order valence-electron chi connectivity index (χ2n) is 5.06. The summed E-state index contributed by atoms with van der Waals surface area (Å²) in [6, 6.07) is 0. The van der Waals surface area contributed by atoms with Gasteiger partial charge in [-0.2, -0.15) is 5.01 Å². The largest absolute Gasteiger partial charge is 0.754 e. The van der Waals surface area contributed by atoms with Crippen molar-refractivity contribution in [2.45, 2.75) is 27.2 Å². The van der Waals surface area contributed by atoms with Crippen molar-refractivity contribution in [1.82, 2.24) is 15.5 Å². The second-order valence-corrected chi connectivity index (χ2v) is 5.06. The van der Waals surface area contributed by atoms with Crippen LogP contribution in [0, 0.1) is 15.3 Å². The average molecular weight is 313 g/mol. The van der Waals surface area contributed by atoms with Gasteiger partial charge in [-0.3, -0.25) is 0 Å². The van der Waals surface area contributed by atoms with Gasteiger partial charge in [-0.1, -0.05) is 0 Å². The van der Waals surface area contributed by atoms with Crippen molar-refractivity contribution in [2.75, 3.05) is 7.05 Å². The highest BCUT2D eigenvalue weighted by Gasteiger charge is 2.35. The van der Waals surface area contributed by atoms with Crippen LogP contribution in [0.25, 0.3) is 0 Å². The van der Waals surface area contributed by atoms with Gasteiger partial charge in [0.25, 0.3) is 6.43 Å². The Morgan fingerprint density at radius 3 is 2.36 bits per heavy atom. The van der Waals surface area contributed by atoms with Gasteiger partial charge in [0.05, 0.1) is 11.3 Å². The molecule has 0 aromatic carbocycles. The first-order valence-electron chi connectivity index (χ1n) is 6.42. The predicted octanol–water partition coefficient (Wildman–Crippen LogP) is 2.46. The molecule has 22 heavy (non-hydrogen) atoms. The quantitative estimate of drug-likeness (QED) is 0.622. The number of hydrogen-bond donors (Lipinski definition) is 1. The maximum atomic E-state index is 12.9. The van der Waals surface area contributed by atoms with E-state index in [9.17, 15) is 24.1 Å². The summed E-state index contributed by atoms with van der Waals surface area (Å²) in [5.41, 5.74) is 3.18. The third kappa shape index (κ3) is 2.33. The van der Waals surface area contributed by atoms with E-state index in [1.807, 2.05) is 0 Å². The van der Waals surface area contributed by atoms with Gasteiger partial charge in [0.15, 0.2) is 0 Å². The highest BCUT2D eigenvalue weighted by molar-refractivity contribution is 5.52. The zero-order valence-corrected chi connectivity index (χ0v) is 12.5. The third-order valence-electron chi connectivity index (χ3n) is 3.62. The molecule has 0 atom stereocenters. The van der Waals surface area contributed by atoms with E-state index in [4.69, 9.17) is 0 Å². The van der Waals surface area contributed by atoms with E-state index in [2.05, 4.69) is 5.43 Å². The van der Waals surface area contributed by atoms with E-state index in [0.29, 0.717) is 10.6 Å². The molecule has 2 rings (SSSR count). The molecule has 1 N–H and O–H groups in total. The number of halogens is 2. The second kappa shape index (κ2) is 5.41. The Balaban J connectivity index is 2.60. The summed E-state index contributed by atoms with van der Waals surface area (Å²) in [6.07, 6.45) is -1.53. The summed E-state index contributed by atoms with van der Waals surface area (Å²) in [4.78, 5) is 10.5. The molecule has 0 amide bonds. The fourth-order valence-corrected chi connectivity index (χ4v) is 2.53. The zero-order valence-electron chi connectivity index (χ0n) is 12.5. The van der Waals surface area contributed by atoms with Crippen molar-refractivity contribution < 1.29 is 13.7 Å². The number of nitrogens with one attached hydrogen (secondary N) is 1. The van der Waals surface area contributed by atoms with Gasteiger partial charge in [-0.25, -0.2) is 14.2 Å². The number of allylic oxidation sites excluding steroid dienone is 5. The van der Waals surface area contributed by atoms with Crippen molar-refractivity contribution in [2.24, 2.45) is 0 Å². The fourth-order valence-electron chi connectivity index (χ4n) is 2.53. The summed E-state index contributed by atoms with van der Waals surface area (Å²) in [6.45, 7) is 4.31. The molecular weight excluding hydrogens is 298 g/mol. The standard InChI is InChI=1S/C13H15F2N4O3/c1-6-5-9(12(14)15)8(3)18(20)11(6)10-7(2)13(19(21)22)17(4)16-10/h5,12,16H,1-4H3/q-1. The Hall–Kier alpha value is -2.42. The Kier molecular flexibility index (Phi) is 3.92. The molecular formula is C13H15F2N4O3-. The monoisotopic (exact) mass is 313 g/mol. The lowest BCUT2D eigenvalue weighted by molar-refractivity contribution is -0.446. The third-order valence-corrected chi connectivity index (χ3v) is 3.62. The normalized spacial score (nSPS) is 22.6. The van der Waals surface area contributed by atoms with Crippen LogP contribution in [0.3, 0.4) is 0 Å². The first-order valence-corrected chi connectivity index (χ1v) is 6.42. The lowest BCUT2D eigenvalue weighted by atomic mass is 10.00. The highest BCUT2D eigenvalue weighted by Crippen LogP contribution is 2.36. The predicted molar refractivity (Wildman–Crippen MR) is 75.3 cm³/mol. The Morgan fingerprint density at radius 2 is 1.91 bits per heavy atom. The molecule has 0 aliphatic carbocycles. The number of hydrogen-bond acceptors (Lipinski definition) is 6. The van der Waals surface area contributed by atoms with Crippen LogP contribution in [0.15, 0.2) is 45.7 Å². The van der Waals surface area contributed by atoms with E-state index in [-0.39, 0.29) is 34.1 Å². The molecule has 0 aromatic rings. The topological polar surface area (TPSA) is 84.7 Å². The van der Waals surface area contributed by atoms with Crippen molar-refractivity contribution in [3.05, 3.63) is 61.0 Å². The van der Waals surface area contributed by atoms with Crippen LogP contribution in [-0.4, -0.2) is 28.5 Å². The fraction of sp³-hybridized carbons (Fsp3) is 0.385. The lowest BCUT2D eigenvalue weighted by Crippen LogP contribution is -2.32. The molecule has 0 bridgehead atoms. The molecule has 0 saturated carbocycles. The van der Waals surface area contributed by atoms with Crippen LogP contribution in [0.4, 0.5) is 8.78 Å². The van der Waals surface area contributed by atoms with Crippen LogP contribution in [0.1, 0.15) is 20.8 Å². The molecule has 120 valence electrons. The van der Waals surface area contributed by atoms with Crippen molar-refractivity contribution in [3.8, 4) is 0 Å². The zero-order chi connectivity index (χ0) is 16.8. The Morgan fingerprint density at radius 1 is 1.32 bits per heavy atom. The highest BCUT2D eigenvalue weighted by atomic mass is 19.3. The molecule has 0 radical (unpaired) electrons. The summed E-state index contributed by atoms with van der Waals surface area (Å²) < 4.78 is 25.8. The smallest absolute Gasteiger partial charge is 0.346 e. The number of hydrazine groups is 1. The van der Waals surface area contributed by atoms with E-state index in [0.717, 1.165) is 0 Å². The number of nitro groups is 1. The van der Waals surface area contributed by atoms with Crippen LogP contribution in [0.2, 0.25) is 0 Å². The van der Waals surface area contributed by atoms with Crippen LogP contribution in [0.5, 0.6) is 0 Å². The van der Waals surface area contributed by atoms with Crippen molar-refractivity contribution >= 4 is 0 Å². The SMILES string of the molecule is CC1=CC(C(F)F)=C(C)N([O-])C1=C1NN(C)C([N+](=O)[O-])=C1C. The van der Waals surface area contributed by atoms with Gasteiger partial charge < -0.3 is 20.4 Å². The minimum Gasteiger partial charge on any atom is -0.754 e. The number of rotatable bonds is 2. The van der Waals surface area contributed by atoms with Gasteiger partial charge in [-0.15, -0.1) is 0 Å². The van der Waals surface area contributed by atoms with E-state index >= 15 is 0 Å². The summed E-state index contributed by atoms with van der Waals surface area (Å²) in [5, 5.41) is 25.0. The number of nitrogens with zero attached hydrogens (tertiary/aromatic N) is 3. The molecule has 2 heterocycles. The van der Waals surface area contributed by atoms with Crippen LogP contribution in [-0.2, 0) is 0 Å². The van der Waals surface area contributed by atoms with Crippen molar-refractivity contribution in [3.63, 3.8) is 0 Å². The van der Waals surface area contributed by atoms with E-state index < -0.39 is 11.3 Å². The molecule has 2 aliphatic heterocycles. The number of hydroxylamine groups is 2. The molecule has 2 aliphatic rings. The van der Waals surface area contributed by atoms with Crippen LogP contribution >= 0.6 is 0 Å². The van der Waals surface area contributed by atoms with Gasteiger partial charge in [0.2, 0.25) is 0 Å². The summed E-state index contributed by atoms with van der Waals surface area (Å²) in [7, 11) is 1.44.